The molecule has 0 radical (unpaired) electrons. The fraction of sp³-hybridized carbons (Fsp3) is 0.522. The van der Waals surface area contributed by atoms with Crippen molar-refractivity contribution < 1.29 is 18.4 Å². The van der Waals surface area contributed by atoms with Gasteiger partial charge in [0.05, 0.1) is 11.3 Å². The van der Waals surface area contributed by atoms with Gasteiger partial charge >= 0.3 is 0 Å². The lowest BCUT2D eigenvalue weighted by Crippen LogP contribution is -2.54. The number of benzene rings is 1. The van der Waals surface area contributed by atoms with Crippen molar-refractivity contribution in [1.82, 2.24) is 25.1 Å². The van der Waals surface area contributed by atoms with Gasteiger partial charge in [-0.25, -0.2) is 13.8 Å². The molecule has 2 heterocycles. The number of halogens is 3. The molecule has 0 saturated heterocycles. The molecule has 1 aliphatic rings. The van der Waals surface area contributed by atoms with Crippen molar-refractivity contribution in [2.75, 3.05) is 26.8 Å². The molecule has 7 nitrogen and oxygen atoms in total. The third-order valence-corrected chi connectivity index (χ3v) is 5.83. The molecule has 0 bridgehead atoms. The van der Waals surface area contributed by atoms with Crippen molar-refractivity contribution in [3.63, 3.8) is 0 Å². The number of carbonyl (C=O) groups excluding carboxylic acids is 2. The highest BCUT2D eigenvalue weighted by Crippen LogP contribution is 2.30. The molecule has 180 valence electrons. The average molecular weight is 482 g/mol. The number of alkyl halides is 1. The number of hydrogen-bond acceptors (Lipinski definition) is 4. The van der Waals surface area contributed by atoms with Crippen molar-refractivity contribution >= 4 is 23.4 Å². The zero-order valence-electron chi connectivity index (χ0n) is 19.3. The van der Waals surface area contributed by atoms with Gasteiger partial charge in [0.15, 0.2) is 5.69 Å². The first kappa shape index (κ1) is 25.1. The molecule has 0 fully saturated rings. The summed E-state index contributed by atoms with van der Waals surface area (Å²) < 4.78 is 29.1. The maximum atomic E-state index is 14.7. The van der Waals surface area contributed by atoms with Gasteiger partial charge in [-0.05, 0) is 43.6 Å². The summed E-state index contributed by atoms with van der Waals surface area (Å²) in [5.74, 6) is -1.19. The predicted molar refractivity (Wildman–Crippen MR) is 123 cm³/mol. The van der Waals surface area contributed by atoms with Crippen LogP contribution >= 0.6 is 11.6 Å². The summed E-state index contributed by atoms with van der Waals surface area (Å²) in [5.41, 5.74) is 0.343. The van der Waals surface area contributed by atoms with E-state index in [9.17, 15) is 18.4 Å². The Morgan fingerprint density at radius 2 is 2.00 bits per heavy atom. The topological polar surface area (TPSA) is 79.3 Å². The highest BCUT2D eigenvalue weighted by atomic mass is 35.5. The second-order valence-corrected chi connectivity index (χ2v) is 9.79. The van der Waals surface area contributed by atoms with Crippen LogP contribution in [0.5, 0.6) is 0 Å². The van der Waals surface area contributed by atoms with Crippen LogP contribution < -0.4 is 10.6 Å². The van der Waals surface area contributed by atoms with Crippen molar-refractivity contribution in [3.8, 4) is 11.4 Å². The summed E-state index contributed by atoms with van der Waals surface area (Å²) in [6, 6.07) is 3.30. The number of nitrogens with one attached hydrogen (secondary N) is 2. The van der Waals surface area contributed by atoms with Crippen molar-refractivity contribution in [2.45, 2.75) is 46.3 Å². The molecule has 1 aromatic heterocycles. The standard InChI is InChI=1S/C23H30ClF2N5O2/c1-23(2,3)19(22(33)27-9-8-25)29-21(32)18-17-13-30(4)10-5-11-31(17)20(28-18)15-12-14(24)6-7-16(15)26/h6-7,12,19H,5,8-11,13H2,1-4H3,(H,27,33)(H,29,32). The minimum Gasteiger partial charge on any atom is -0.352 e. The van der Waals surface area contributed by atoms with Crippen molar-refractivity contribution in [2.24, 2.45) is 5.41 Å². The van der Waals surface area contributed by atoms with Crippen LogP contribution in [0, 0.1) is 11.2 Å². The zero-order valence-corrected chi connectivity index (χ0v) is 20.1. The Morgan fingerprint density at radius 1 is 1.27 bits per heavy atom. The Morgan fingerprint density at radius 3 is 2.67 bits per heavy atom. The molecule has 1 aromatic carbocycles. The van der Waals surface area contributed by atoms with E-state index in [1.54, 1.807) is 20.8 Å². The van der Waals surface area contributed by atoms with Crippen LogP contribution in [-0.4, -0.2) is 59.1 Å². The lowest BCUT2D eigenvalue weighted by atomic mass is 9.86. The summed E-state index contributed by atoms with van der Waals surface area (Å²) in [6.07, 6.45) is 0.798. The maximum absolute atomic E-state index is 14.7. The Labute approximate surface area is 197 Å². The van der Waals surface area contributed by atoms with Crippen LogP contribution in [0.4, 0.5) is 8.78 Å². The number of rotatable bonds is 6. The average Bonchev–Trinajstić information content (AvgIpc) is 2.97. The molecule has 2 amide bonds. The first-order chi connectivity index (χ1) is 15.5. The monoisotopic (exact) mass is 481 g/mol. The zero-order chi connectivity index (χ0) is 24.3. The summed E-state index contributed by atoms with van der Waals surface area (Å²) in [5, 5.41) is 5.62. The molecule has 0 aliphatic carbocycles. The smallest absolute Gasteiger partial charge is 0.272 e. The molecule has 2 N–H and O–H groups in total. The van der Waals surface area contributed by atoms with E-state index in [0.29, 0.717) is 29.6 Å². The summed E-state index contributed by atoms with van der Waals surface area (Å²) in [6.45, 7) is 6.38. The SMILES string of the molecule is CN1CCCn2c(-c3cc(Cl)ccc3F)nc(C(=O)NC(C(=O)NCCF)C(C)(C)C)c2C1. The number of imidazole rings is 1. The molecule has 1 aliphatic heterocycles. The highest BCUT2D eigenvalue weighted by Gasteiger charge is 2.35. The van der Waals surface area contributed by atoms with Crippen LogP contribution in [0.1, 0.15) is 43.4 Å². The molecule has 3 rings (SSSR count). The molecule has 0 saturated carbocycles. The predicted octanol–water partition coefficient (Wildman–Crippen LogP) is 3.41. The van der Waals surface area contributed by atoms with Gasteiger partial charge in [-0.1, -0.05) is 32.4 Å². The largest absolute Gasteiger partial charge is 0.352 e. The van der Waals surface area contributed by atoms with E-state index in [2.05, 4.69) is 20.5 Å². The van der Waals surface area contributed by atoms with E-state index in [1.165, 1.54) is 18.2 Å². The number of hydrogen-bond donors (Lipinski definition) is 2. The molecule has 33 heavy (non-hydrogen) atoms. The van der Waals surface area contributed by atoms with E-state index in [1.807, 2.05) is 11.6 Å². The molecular formula is C23H30ClF2N5O2. The number of amides is 2. The fourth-order valence-electron chi connectivity index (χ4n) is 3.92. The lowest BCUT2D eigenvalue weighted by molar-refractivity contribution is -0.125. The number of carbonyl (C=O) groups is 2. The van der Waals surface area contributed by atoms with Crippen LogP contribution in [0.25, 0.3) is 11.4 Å². The number of fused-ring (bicyclic) bond motifs is 1. The van der Waals surface area contributed by atoms with Gasteiger partial charge in [0.25, 0.3) is 5.91 Å². The van der Waals surface area contributed by atoms with Gasteiger partial charge in [0, 0.05) is 24.7 Å². The number of aromatic nitrogens is 2. The van der Waals surface area contributed by atoms with Crippen LogP contribution in [0.2, 0.25) is 5.02 Å². The van der Waals surface area contributed by atoms with Crippen LogP contribution in [0.15, 0.2) is 18.2 Å². The van der Waals surface area contributed by atoms with Gasteiger partial charge in [0.1, 0.15) is 24.4 Å². The molecule has 2 aromatic rings. The normalized spacial score (nSPS) is 15.5. The van der Waals surface area contributed by atoms with Gasteiger partial charge < -0.3 is 20.1 Å². The molecule has 1 atom stereocenters. The number of nitrogens with zero attached hydrogens (tertiary/aromatic N) is 3. The van der Waals surface area contributed by atoms with Crippen LogP contribution in [0.3, 0.4) is 0 Å². The molecule has 1 unspecified atom stereocenters. The van der Waals surface area contributed by atoms with E-state index in [4.69, 9.17) is 11.6 Å². The maximum Gasteiger partial charge on any atom is 0.272 e. The summed E-state index contributed by atoms with van der Waals surface area (Å²) >= 11 is 6.11. The van der Waals surface area contributed by atoms with Gasteiger partial charge in [-0.2, -0.15) is 0 Å². The van der Waals surface area contributed by atoms with Crippen molar-refractivity contribution in [1.29, 1.82) is 0 Å². The van der Waals surface area contributed by atoms with Crippen molar-refractivity contribution in [3.05, 3.63) is 40.4 Å². The Balaban J connectivity index is 2.04. The second-order valence-electron chi connectivity index (χ2n) is 9.35. The quantitative estimate of drug-likeness (QED) is 0.662. The van der Waals surface area contributed by atoms with Gasteiger partial charge in [-0.3, -0.25) is 9.59 Å². The van der Waals surface area contributed by atoms with Gasteiger partial charge in [-0.15, -0.1) is 0 Å². The van der Waals surface area contributed by atoms with E-state index < -0.39 is 35.8 Å². The van der Waals surface area contributed by atoms with E-state index >= 15 is 0 Å². The summed E-state index contributed by atoms with van der Waals surface area (Å²) in [7, 11) is 1.94. The minimum absolute atomic E-state index is 0.130. The van der Waals surface area contributed by atoms with Gasteiger partial charge in [0.2, 0.25) is 5.91 Å². The Kier molecular flexibility index (Phi) is 7.74. The molecule has 0 spiro atoms. The Bertz CT molecular complexity index is 1030. The first-order valence-electron chi connectivity index (χ1n) is 10.9. The second kappa shape index (κ2) is 10.2. The highest BCUT2D eigenvalue weighted by molar-refractivity contribution is 6.30. The van der Waals surface area contributed by atoms with Crippen LogP contribution in [-0.2, 0) is 17.9 Å². The summed E-state index contributed by atoms with van der Waals surface area (Å²) in [4.78, 5) is 32.6. The van der Waals surface area contributed by atoms with E-state index in [-0.39, 0.29) is 17.8 Å². The third-order valence-electron chi connectivity index (χ3n) is 5.60. The third kappa shape index (κ3) is 5.70. The first-order valence-corrected chi connectivity index (χ1v) is 11.3. The fourth-order valence-corrected chi connectivity index (χ4v) is 4.10. The lowest BCUT2D eigenvalue weighted by Gasteiger charge is -2.30. The molecular weight excluding hydrogens is 452 g/mol. The minimum atomic E-state index is -0.913. The molecule has 10 heteroatoms. The Hall–Kier alpha value is -2.52. The van der Waals surface area contributed by atoms with E-state index in [0.717, 1.165) is 13.0 Å².